The van der Waals surface area contributed by atoms with E-state index in [4.69, 9.17) is 9.47 Å². The third-order valence-corrected chi connectivity index (χ3v) is 13.2. The summed E-state index contributed by atoms with van der Waals surface area (Å²) in [5.74, 6) is -2.59. The molecule has 0 spiro atoms. The van der Waals surface area contributed by atoms with Gasteiger partial charge in [-0.2, -0.15) is 0 Å². The average molecular weight is 907 g/mol. The molecule has 4 amide bonds. The van der Waals surface area contributed by atoms with Crippen molar-refractivity contribution in [1.29, 1.82) is 0 Å². The summed E-state index contributed by atoms with van der Waals surface area (Å²) in [6.07, 6.45) is 5.09. The standard InChI is InChI=1S/C50H66N8O8/c1-11-57-40-15-14-31-23-35(40)36(43(57)37-25-51-17-16-32(37)27-65-10)24-49(4,5)28-66-48(64)38-13-12-18-58(54-38)46(62)39(21-30-19-33(31)22-34(59)20-30)52-45(61)42(29(2)3)56(9)41(60)26-55(8)47(63)44-50(6,7)53-44/h14-17,19-20,22-23,25,29,38-39,42,44,53-54,59H,11-13,18,21,24,26-28H2,1-10H3,(H,52,61)/t38-,39-,42?,44+/m0/s1. The van der Waals surface area contributed by atoms with Crippen molar-refractivity contribution in [2.24, 2.45) is 11.3 Å². The number of rotatable bonds is 11. The van der Waals surface area contributed by atoms with E-state index in [2.05, 4.69) is 58.5 Å². The summed E-state index contributed by atoms with van der Waals surface area (Å²) >= 11 is 0. The van der Waals surface area contributed by atoms with Gasteiger partial charge in [0.2, 0.25) is 17.7 Å². The molecule has 4 atom stereocenters. The summed E-state index contributed by atoms with van der Waals surface area (Å²) in [6.45, 7) is 14.9. The van der Waals surface area contributed by atoms with Crippen LogP contribution in [0.2, 0.25) is 0 Å². The lowest BCUT2D eigenvalue weighted by Crippen LogP contribution is -2.62. The van der Waals surface area contributed by atoms with E-state index in [1.165, 1.54) is 21.9 Å². The van der Waals surface area contributed by atoms with Gasteiger partial charge in [0.25, 0.3) is 5.91 Å². The quantitative estimate of drug-likeness (QED) is 0.121. The number of carbonyl (C=O) groups is 5. The number of methoxy groups -OCH3 is 1. The van der Waals surface area contributed by atoms with Gasteiger partial charge in [0, 0.05) is 80.5 Å². The number of esters is 1. The van der Waals surface area contributed by atoms with Crippen LogP contribution in [0, 0.1) is 11.3 Å². The van der Waals surface area contributed by atoms with E-state index in [9.17, 15) is 29.1 Å². The Morgan fingerprint density at radius 3 is 2.48 bits per heavy atom. The first-order chi connectivity index (χ1) is 31.2. The zero-order valence-corrected chi connectivity index (χ0v) is 40.0. The minimum atomic E-state index is -1.18. The Kier molecular flexibility index (Phi) is 14.0. The number of hydrazine groups is 1. The first-order valence-corrected chi connectivity index (χ1v) is 23.0. The molecule has 354 valence electrons. The van der Waals surface area contributed by atoms with Crippen molar-refractivity contribution < 1.29 is 38.6 Å². The first kappa shape index (κ1) is 48.1. The number of phenolic OH excluding ortho intramolecular Hbond substituents is 1. The number of pyridine rings is 1. The van der Waals surface area contributed by atoms with Crippen LogP contribution < -0.4 is 16.1 Å². The Hall–Kier alpha value is -5.84. The van der Waals surface area contributed by atoms with E-state index in [1.54, 1.807) is 32.5 Å². The van der Waals surface area contributed by atoms with Crippen LogP contribution in [0.5, 0.6) is 5.75 Å². The van der Waals surface area contributed by atoms with Crippen LogP contribution in [-0.2, 0) is 59.4 Å². The molecule has 3 aliphatic rings. The normalized spacial score (nSPS) is 20.9. The molecule has 16 heteroatoms. The number of benzene rings is 2. The van der Waals surface area contributed by atoms with Gasteiger partial charge in [0.05, 0.1) is 25.5 Å². The number of aromatic hydroxyl groups is 1. The van der Waals surface area contributed by atoms with Crippen LogP contribution in [0.25, 0.3) is 33.3 Å². The molecule has 4 aromatic rings. The number of amides is 4. The Morgan fingerprint density at radius 1 is 1.06 bits per heavy atom. The molecule has 6 bridgehead atoms. The molecule has 2 fully saturated rings. The monoisotopic (exact) mass is 907 g/mol. The highest BCUT2D eigenvalue weighted by atomic mass is 16.5. The van der Waals surface area contributed by atoms with E-state index in [-0.39, 0.29) is 49.2 Å². The Bertz CT molecular complexity index is 2510. The lowest BCUT2D eigenvalue weighted by atomic mass is 9.84. The Balaban J connectivity index is 1.28. The van der Waals surface area contributed by atoms with Crippen LogP contribution in [0.15, 0.2) is 54.9 Å². The Morgan fingerprint density at radius 2 is 1.80 bits per heavy atom. The molecule has 0 saturated carbocycles. The highest BCUT2D eigenvalue weighted by Gasteiger charge is 2.51. The van der Waals surface area contributed by atoms with Gasteiger partial charge in [-0.25, -0.2) is 5.43 Å². The number of aryl methyl sites for hydroxylation is 1. The molecule has 3 aliphatic heterocycles. The SMILES string of the molecule is CCn1c(-c2cnccc2COC)c2c3cc(ccc31)-c1cc(O)cc(c1)C[C@H](NC(=O)C(C(C)C)N(C)C(=O)CN(C)C(=O)[C@H]1NC1(C)C)C(=O)N1CCC[C@H](N1)C(=O)OCC(C)(C)C2. The smallest absolute Gasteiger partial charge is 0.324 e. The number of likely N-dealkylation sites (N-methyl/N-ethyl adjacent to an activating group) is 2. The summed E-state index contributed by atoms with van der Waals surface area (Å²) in [6, 6.07) is 9.96. The number of ether oxygens (including phenoxy) is 2. The van der Waals surface area contributed by atoms with Crippen molar-refractivity contribution in [2.75, 3.05) is 40.9 Å². The number of hydrogen-bond donors (Lipinski definition) is 4. The fourth-order valence-electron chi connectivity index (χ4n) is 9.58. The van der Waals surface area contributed by atoms with E-state index in [0.717, 1.165) is 38.9 Å². The molecular formula is C50H66N8O8. The zero-order chi connectivity index (χ0) is 47.8. The largest absolute Gasteiger partial charge is 0.508 e. The van der Waals surface area contributed by atoms with Crippen molar-refractivity contribution in [2.45, 2.75) is 117 Å². The third kappa shape index (κ3) is 10.1. The maximum Gasteiger partial charge on any atom is 0.324 e. The number of aromatic nitrogens is 2. The third-order valence-electron chi connectivity index (χ3n) is 13.2. The van der Waals surface area contributed by atoms with E-state index >= 15 is 0 Å². The molecule has 5 heterocycles. The summed E-state index contributed by atoms with van der Waals surface area (Å²) < 4.78 is 14.0. The maximum atomic E-state index is 14.7. The van der Waals surface area contributed by atoms with Crippen LogP contribution >= 0.6 is 0 Å². The van der Waals surface area contributed by atoms with Gasteiger partial charge in [0.1, 0.15) is 29.9 Å². The fraction of sp³-hybridized carbons (Fsp3) is 0.520. The van der Waals surface area contributed by atoms with Crippen molar-refractivity contribution in [1.82, 2.24) is 40.4 Å². The molecule has 0 aliphatic carbocycles. The van der Waals surface area contributed by atoms with Crippen molar-refractivity contribution >= 4 is 40.5 Å². The first-order valence-electron chi connectivity index (χ1n) is 23.0. The molecule has 66 heavy (non-hydrogen) atoms. The van der Waals surface area contributed by atoms with Crippen LogP contribution in [-0.4, -0.2) is 130 Å². The topological polar surface area (TPSA) is 198 Å². The van der Waals surface area contributed by atoms with Gasteiger partial charge in [0.15, 0.2) is 0 Å². The second-order valence-corrected chi connectivity index (χ2v) is 19.9. The number of phenols is 1. The number of cyclic esters (lactones) is 1. The number of nitrogens with one attached hydrogen (secondary N) is 3. The summed E-state index contributed by atoms with van der Waals surface area (Å²) in [4.78, 5) is 77.0. The lowest BCUT2D eigenvalue weighted by molar-refractivity contribution is -0.155. The number of fused-ring (bicyclic) bond motifs is 6. The second kappa shape index (κ2) is 19.2. The number of carbonyl (C=O) groups excluding carboxylic acids is 5. The highest BCUT2D eigenvalue weighted by molar-refractivity contribution is 5.96. The van der Waals surface area contributed by atoms with Gasteiger partial charge in [-0.1, -0.05) is 39.8 Å². The van der Waals surface area contributed by atoms with Crippen LogP contribution in [0.3, 0.4) is 0 Å². The molecule has 4 N–H and O–H groups in total. The zero-order valence-electron chi connectivity index (χ0n) is 40.0. The van der Waals surface area contributed by atoms with E-state index in [1.807, 2.05) is 52.1 Å². The fourth-order valence-corrected chi connectivity index (χ4v) is 9.58. The van der Waals surface area contributed by atoms with Gasteiger partial charge >= 0.3 is 5.97 Å². The molecule has 2 aromatic heterocycles. The molecule has 7 rings (SSSR count). The van der Waals surface area contributed by atoms with E-state index in [0.29, 0.717) is 43.5 Å². The molecular weight excluding hydrogens is 841 g/mol. The summed E-state index contributed by atoms with van der Waals surface area (Å²) in [5.41, 5.74) is 9.32. The van der Waals surface area contributed by atoms with Crippen molar-refractivity contribution in [3.8, 4) is 28.1 Å². The molecule has 1 unspecified atom stereocenters. The van der Waals surface area contributed by atoms with Crippen LogP contribution in [0.4, 0.5) is 0 Å². The average Bonchev–Trinajstić information content (AvgIpc) is 3.81. The second-order valence-electron chi connectivity index (χ2n) is 19.9. The Labute approximate surface area is 387 Å². The van der Waals surface area contributed by atoms with Crippen molar-refractivity contribution in [3.05, 3.63) is 71.5 Å². The maximum absolute atomic E-state index is 14.7. The number of nitrogens with zero attached hydrogens (tertiary/aromatic N) is 5. The van der Waals surface area contributed by atoms with E-state index < -0.39 is 53.3 Å². The van der Waals surface area contributed by atoms with Gasteiger partial charge < -0.3 is 34.3 Å². The van der Waals surface area contributed by atoms with Crippen molar-refractivity contribution in [3.63, 3.8) is 0 Å². The molecule has 16 nitrogen and oxygen atoms in total. The van der Waals surface area contributed by atoms with Gasteiger partial charge in [-0.05, 0) is 104 Å². The molecule has 0 radical (unpaired) electrons. The van der Waals surface area contributed by atoms with Gasteiger partial charge in [-0.3, -0.25) is 39.3 Å². The minimum absolute atomic E-state index is 0.0185. The summed E-state index contributed by atoms with van der Waals surface area (Å²) in [7, 11) is 4.75. The molecule has 2 aromatic carbocycles. The predicted molar refractivity (Wildman–Crippen MR) is 251 cm³/mol. The number of hydrogen-bond acceptors (Lipinski definition) is 11. The highest BCUT2D eigenvalue weighted by Crippen LogP contribution is 2.41. The van der Waals surface area contributed by atoms with Gasteiger partial charge in [-0.15, -0.1) is 0 Å². The lowest BCUT2D eigenvalue weighted by Gasteiger charge is -2.37. The predicted octanol–water partition coefficient (Wildman–Crippen LogP) is 4.58. The summed E-state index contributed by atoms with van der Waals surface area (Å²) in [5, 5.41) is 19.8. The molecule has 2 saturated heterocycles. The van der Waals surface area contributed by atoms with Crippen LogP contribution in [0.1, 0.15) is 78.0 Å². The minimum Gasteiger partial charge on any atom is -0.508 e.